The summed E-state index contributed by atoms with van der Waals surface area (Å²) in [5.74, 6) is 1.31. The number of thiazole rings is 1. The van der Waals surface area contributed by atoms with E-state index < -0.39 is 0 Å². The quantitative estimate of drug-likeness (QED) is 0.431. The Morgan fingerprint density at radius 3 is 2.62 bits per heavy atom. The maximum Gasteiger partial charge on any atom is 0.293 e. The molecular formula is C27H30N2O4S. The first kappa shape index (κ1) is 22.8. The van der Waals surface area contributed by atoms with E-state index in [-0.39, 0.29) is 18.1 Å². The van der Waals surface area contributed by atoms with Gasteiger partial charge in [-0.05, 0) is 29.9 Å². The molecule has 2 saturated carbocycles. The molecule has 0 atom stereocenters. The summed E-state index contributed by atoms with van der Waals surface area (Å²) in [6, 6.07) is 12.4. The molecule has 2 aromatic carbocycles. The van der Waals surface area contributed by atoms with Crippen LogP contribution in [0.4, 0.5) is 0 Å². The number of nitrogens with zero attached hydrogens (tertiary/aromatic N) is 1. The fourth-order valence-electron chi connectivity index (χ4n) is 5.23. The van der Waals surface area contributed by atoms with Crippen LogP contribution in [0.15, 0.2) is 36.4 Å². The zero-order chi connectivity index (χ0) is 23.5. The molecule has 1 amide bonds. The van der Waals surface area contributed by atoms with Gasteiger partial charge in [0.1, 0.15) is 11.9 Å². The second-order valence-corrected chi connectivity index (χ2v) is 10.4. The third-order valence-electron chi connectivity index (χ3n) is 7.13. The Bertz CT molecular complexity index is 1180. The summed E-state index contributed by atoms with van der Waals surface area (Å²) in [6.45, 7) is 0.479. The highest BCUT2D eigenvalue weighted by Gasteiger charge is 2.33. The Labute approximate surface area is 203 Å². The molecule has 5 rings (SSSR count). The van der Waals surface area contributed by atoms with Crippen molar-refractivity contribution in [3.63, 3.8) is 0 Å². The second-order valence-electron chi connectivity index (χ2n) is 9.36. The second kappa shape index (κ2) is 10.1. The first-order valence-corrected chi connectivity index (χ1v) is 12.9. The molecule has 0 saturated heterocycles. The van der Waals surface area contributed by atoms with Gasteiger partial charge in [0, 0.05) is 29.8 Å². The van der Waals surface area contributed by atoms with Crippen LogP contribution in [0.2, 0.25) is 0 Å². The smallest absolute Gasteiger partial charge is 0.293 e. The fourth-order valence-corrected chi connectivity index (χ4v) is 6.27. The molecule has 1 heterocycles. The number of hydrogen-bond acceptors (Lipinski definition) is 6. The fraction of sp³-hybridized carbons (Fsp3) is 0.444. The van der Waals surface area contributed by atoms with Gasteiger partial charge < -0.3 is 14.8 Å². The molecule has 7 heteroatoms. The van der Waals surface area contributed by atoms with Crippen LogP contribution in [0.3, 0.4) is 0 Å². The highest BCUT2D eigenvalue weighted by molar-refractivity contribution is 7.17. The van der Waals surface area contributed by atoms with Gasteiger partial charge in [-0.3, -0.25) is 9.59 Å². The van der Waals surface area contributed by atoms with Crippen LogP contribution < -0.4 is 10.1 Å². The lowest BCUT2D eigenvalue weighted by atomic mass is 9.85. The van der Waals surface area contributed by atoms with Crippen LogP contribution in [-0.4, -0.2) is 36.6 Å². The van der Waals surface area contributed by atoms with Gasteiger partial charge in [0.15, 0.2) is 5.01 Å². The van der Waals surface area contributed by atoms with Gasteiger partial charge >= 0.3 is 0 Å². The summed E-state index contributed by atoms with van der Waals surface area (Å²) < 4.78 is 10.6. The normalized spacial score (nSPS) is 20.5. The van der Waals surface area contributed by atoms with E-state index in [1.165, 1.54) is 43.4 Å². The first-order chi connectivity index (χ1) is 16.7. The number of methoxy groups -OCH3 is 1. The molecule has 0 aliphatic heterocycles. The molecule has 0 radical (unpaired) electrons. The molecule has 2 aliphatic carbocycles. The summed E-state index contributed by atoms with van der Waals surface area (Å²) in [5.41, 5.74) is 2.12. The molecule has 6 nitrogen and oxygen atoms in total. The Balaban J connectivity index is 1.47. The summed E-state index contributed by atoms with van der Waals surface area (Å²) in [7, 11) is 1.69. The van der Waals surface area contributed by atoms with Crippen molar-refractivity contribution >= 4 is 34.5 Å². The largest absolute Gasteiger partial charge is 0.496 e. The maximum atomic E-state index is 13.1. The third kappa shape index (κ3) is 4.67. The van der Waals surface area contributed by atoms with Crippen molar-refractivity contribution in [2.45, 2.75) is 63.5 Å². The number of aromatic nitrogens is 1. The van der Waals surface area contributed by atoms with Gasteiger partial charge in [-0.25, -0.2) is 4.98 Å². The molecule has 2 aliphatic rings. The average molecular weight is 479 g/mol. The van der Waals surface area contributed by atoms with Crippen molar-refractivity contribution in [3.05, 3.63) is 47.1 Å². The lowest BCUT2D eigenvalue weighted by Crippen LogP contribution is -2.47. The highest BCUT2D eigenvalue weighted by Crippen LogP contribution is 2.40. The first-order valence-electron chi connectivity index (χ1n) is 12.1. The van der Waals surface area contributed by atoms with Gasteiger partial charge in [-0.1, -0.05) is 56.4 Å². The van der Waals surface area contributed by atoms with Gasteiger partial charge in [0.2, 0.25) is 0 Å². The molecule has 178 valence electrons. The molecule has 2 fully saturated rings. The molecule has 0 bridgehead atoms. The molecule has 3 aromatic rings. The third-order valence-corrected chi connectivity index (χ3v) is 8.25. The van der Waals surface area contributed by atoms with E-state index in [0.717, 1.165) is 39.1 Å². The lowest BCUT2D eigenvalue weighted by molar-refractivity contribution is -0.138. The number of ether oxygens (including phenoxy) is 2. The number of benzene rings is 2. The summed E-state index contributed by atoms with van der Waals surface area (Å²) >= 11 is 1.47. The van der Waals surface area contributed by atoms with Crippen LogP contribution in [0, 0.1) is 5.92 Å². The number of amides is 1. The van der Waals surface area contributed by atoms with Gasteiger partial charge in [-0.15, -0.1) is 11.3 Å². The van der Waals surface area contributed by atoms with E-state index in [1.807, 2.05) is 18.2 Å². The van der Waals surface area contributed by atoms with Gasteiger partial charge in [-0.2, -0.15) is 0 Å². The number of carbonyl (C=O) groups is 2. The van der Waals surface area contributed by atoms with Gasteiger partial charge in [0.05, 0.1) is 17.7 Å². The molecule has 0 spiro atoms. The minimum absolute atomic E-state index is 0.0217. The topological polar surface area (TPSA) is 77.5 Å². The van der Waals surface area contributed by atoms with E-state index in [9.17, 15) is 9.59 Å². The zero-order valence-corrected chi connectivity index (χ0v) is 20.2. The van der Waals surface area contributed by atoms with E-state index in [4.69, 9.17) is 14.5 Å². The predicted molar refractivity (Wildman–Crippen MR) is 133 cm³/mol. The van der Waals surface area contributed by atoms with Crippen LogP contribution in [0.1, 0.15) is 60.4 Å². The van der Waals surface area contributed by atoms with E-state index in [1.54, 1.807) is 7.11 Å². The standard InChI is InChI=1S/C27H30N2O4S/c1-32-24-12-11-22(20-9-5-6-10-21(20)24)25-23(13-17-7-3-2-4-8-17)29-27(34-25)26(31)28-18-14-19(15-18)33-16-30/h5-6,9-12,16-19H,2-4,7-8,13-15H2,1H3,(H,28,31). The van der Waals surface area contributed by atoms with Crippen molar-refractivity contribution in [1.82, 2.24) is 10.3 Å². The molecule has 1 N–H and O–H groups in total. The Hall–Kier alpha value is -2.93. The number of nitrogens with one attached hydrogen (secondary N) is 1. The van der Waals surface area contributed by atoms with E-state index in [2.05, 4.69) is 23.5 Å². The summed E-state index contributed by atoms with van der Waals surface area (Å²) in [6.07, 6.45) is 8.42. The summed E-state index contributed by atoms with van der Waals surface area (Å²) in [4.78, 5) is 29.5. The van der Waals surface area contributed by atoms with E-state index in [0.29, 0.717) is 30.2 Å². The number of fused-ring (bicyclic) bond motifs is 1. The number of hydrogen-bond donors (Lipinski definition) is 1. The van der Waals surface area contributed by atoms with Crippen molar-refractivity contribution < 1.29 is 19.1 Å². The minimum atomic E-state index is -0.145. The van der Waals surface area contributed by atoms with E-state index >= 15 is 0 Å². The lowest BCUT2D eigenvalue weighted by Gasteiger charge is -2.33. The number of rotatable bonds is 8. The molecular weight excluding hydrogens is 448 g/mol. The minimum Gasteiger partial charge on any atom is -0.496 e. The Morgan fingerprint density at radius 2 is 1.88 bits per heavy atom. The molecule has 0 unspecified atom stereocenters. The average Bonchev–Trinajstić information content (AvgIpc) is 3.26. The van der Waals surface area contributed by atoms with Crippen LogP contribution >= 0.6 is 11.3 Å². The van der Waals surface area contributed by atoms with Crippen molar-refractivity contribution in [2.75, 3.05) is 7.11 Å². The molecule has 1 aromatic heterocycles. The zero-order valence-electron chi connectivity index (χ0n) is 19.4. The van der Waals surface area contributed by atoms with Crippen molar-refractivity contribution in [1.29, 1.82) is 0 Å². The van der Waals surface area contributed by atoms with Crippen LogP contribution in [0.25, 0.3) is 21.2 Å². The van der Waals surface area contributed by atoms with Gasteiger partial charge in [0.25, 0.3) is 12.4 Å². The SMILES string of the molecule is COc1ccc(-c2sc(C(=O)NC3CC(OC=O)C3)nc2CC2CCCCC2)c2ccccc12. The van der Waals surface area contributed by atoms with Crippen LogP contribution in [-0.2, 0) is 16.0 Å². The Kier molecular flexibility index (Phi) is 6.81. The Morgan fingerprint density at radius 1 is 1.12 bits per heavy atom. The molecule has 34 heavy (non-hydrogen) atoms. The van der Waals surface area contributed by atoms with Crippen LogP contribution in [0.5, 0.6) is 5.75 Å². The predicted octanol–water partition coefficient (Wildman–Crippen LogP) is 5.53. The monoisotopic (exact) mass is 478 g/mol. The highest BCUT2D eigenvalue weighted by atomic mass is 32.1. The summed E-state index contributed by atoms with van der Waals surface area (Å²) in [5, 5.41) is 5.73. The van der Waals surface area contributed by atoms with Crippen molar-refractivity contribution in [2.24, 2.45) is 5.92 Å². The van der Waals surface area contributed by atoms with Crippen molar-refractivity contribution in [3.8, 4) is 16.2 Å². The number of carbonyl (C=O) groups excluding carboxylic acids is 2. The maximum absolute atomic E-state index is 13.1.